The number of carbonyl (C=O) groups is 2. The van der Waals surface area contributed by atoms with Crippen LogP contribution in [0.25, 0.3) is 5.69 Å². The van der Waals surface area contributed by atoms with E-state index in [0.29, 0.717) is 5.69 Å². The van der Waals surface area contributed by atoms with E-state index in [2.05, 4.69) is 17.0 Å². The molecule has 0 aliphatic rings. The highest BCUT2D eigenvalue weighted by Crippen LogP contribution is 2.11. The zero-order valence-electron chi connectivity index (χ0n) is 11.7. The van der Waals surface area contributed by atoms with Gasteiger partial charge in [-0.2, -0.15) is 5.10 Å². The summed E-state index contributed by atoms with van der Waals surface area (Å²) in [5, 5.41) is 15.4. The summed E-state index contributed by atoms with van der Waals surface area (Å²) in [7, 11) is 0. The van der Waals surface area contributed by atoms with E-state index >= 15 is 0 Å². The van der Waals surface area contributed by atoms with Crippen LogP contribution in [0, 0.1) is 0 Å². The Bertz CT molecular complexity index is 694. The van der Waals surface area contributed by atoms with Crippen molar-refractivity contribution in [1.29, 1.82) is 0 Å². The number of ether oxygens (including phenoxy) is 1. The molecule has 0 saturated carbocycles. The Morgan fingerprint density at radius 2 is 2.23 bits per heavy atom. The van der Waals surface area contributed by atoms with Crippen LogP contribution in [-0.4, -0.2) is 33.6 Å². The predicted octanol–water partition coefficient (Wildman–Crippen LogP) is 1.98. The Labute approximate surface area is 126 Å². The summed E-state index contributed by atoms with van der Waals surface area (Å²) in [6.45, 7) is 3.89. The van der Waals surface area contributed by atoms with E-state index in [-0.39, 0.29) is 18.8 Å². The number of alkyl carbamates (subject to hydrolysis) is 1. The average molecular weight is 301 g/mol. The number of rotatable bonds is 6. The van der Waals surface area contributed by atoms with E-state index in [1.165, 1.54) is 16.8 Å². The molecule has 2 rings (SSSR count). The minimum Gasteiger partial charge on any atom is -0.476 e. The lowest BCUT2D eigenvalue weighted by atomic mass is 10.2. The molecule has 0 fully saturated rings. The molecule has 1 amide bonds. The number of carbonyl (C=O) groups excluding carboxylic acids is 1. The van der Waals surface area contributed by atoms with Gasteiger partial charge in [-0.25, -0.2) is 14.3 Å². The van der Waals surface area contributed by atoms with Crippen LogP contribution in [0.2, 0.25) is 0 Å². The van der Waals surface area contributed by atoms with Gasteiger partial charge in [0.25, 0.3) is 0 Å². The Kier molecular flexibility index (Phi) is 4.92. The molecule has 114 valence electrons. The van der Waals surface area contributed by atoms with Gasteiger partial charge in [0.1, 0.15) is 6.61 Å². The van der Waals surface area contributed by atoms with Crippen molar-refractivity contribution in [2.45, 2.75) is 6.54 Å². The highest BCUT2D eigenvalue weighted by atomic mass is 16.5. The molecule has 0 unspecified atom stereocenters. The number of nitrogens with one attached hydrogen (secondary N) is 1. The number of carboxylic acids is 1. The topological polar surface area (TPSA) is 93.5 Å². The highest BCUT2D eigenvalue weighted by molar-refractivity contribution is 5.85. The van der Waals surface area contributed by atoms with Gasteiger partial charge in [-0.15, -0.1) is 0 Å². The summed E-state index contributed by atoms with van der Waals surface area (Å²) in [6, 6.07) is 8.63. The lowest BCUT2D eigenvalue weighted by Crippen LogP contribution is -2.23. The summed E-state index contributed by atoms with van der Waals surface area (Å²) in [5.74, 6) is -1.08. The van der Waals surface area contributed by atoms with Crippen molar-refractivity contribution in [3.63, 3.8) is 0 Å². The minimum atomic E-state index is -1.08. The third-order valence-electron chi connectivity index (χ3n) is 2.75. The molecule has 7 heteroatoms. The molecule has 0 spiro atoms. The lowest BCUT2D eigenvalue weighted by Gasteiger charge is -2.07. The molecule has 0 aliphatic heterocycles. The first kappa shape index (κ1) is 15.3. The standard InChI is InChI=1S/C15H15N3O4/c1-2-8-22-15(21)16-10-11-4-3-5-12(9-11)18-7-6-13(17-18)14(19)20/h2-7,9H,1,8,10H2,(H,16,21)(H,19,20). The first-order chi connectivity index (χ1) is 10.6. The van der Waals surface area contributed by atoms with Crippen LogP contribution in [-0.2, 0) is 11.3 Å². The van der Waals surface area contributed by atoms with Crippen LogP contribution in [0.4, 0.5) is 4.79 Å². The number of aromatic carboxylic acids is 1. The molecule has 0 aliphatic carbocycles. The lowest BCUT2D eigenvalue weighted by molar-refractivity contribution is 0.0690. The smallest absolute Gasteiger partial charge is 0.407 e. The van der Waals surface area contributed by atoms with E-state index in [0.717, 1.165) is 5.56 Å². The maximum absolute atomic E-state index is 11.3. The summed E-state index contributed by atoms with van der Waals surface area (Å²) in [4.78, 5) is 22.2. The zero-order chi connectivity index (χ0) is 15.9. The molecule has 0 bridgehead atoms. The van der Waals surface area contributed by atoms with Gasteiger partial charge in [0.2, 0.25) is 0 Å². The van der Waals surface area contributed by atoms with E-state index in [4.69, 9.17) is 9.84 Å². The maximum atomic E-state index is 11.3. The van der Waals surface area contributed by atoms with Crippen molar-refractivity contribution >= 4 is 12.1 Å². The minimum absolute atomic E-state index is 0.0310. The van der Waals surface area contributed by atoms with Crippen molar-refractivity contribution in [2.24, 2.45) is 0 Å². The second-order valence-electron chi connectivity index (χ2n) is 4.36. The molecule has 1 heterocycles. The van der Waals surface area contributed by atoms with Crippen LogP contribution in [0.15, 0.2) is 49.2 Å². The average Bonchev–Trinajstić information content (AvgIpc) is 3.01. The van der Waals surface area contributed by atoms with Crippen LogP contribution in [0.3, 0.4) is 0 Å². The summed E-state index contributed by atoms with van der Waals surface area (Å²) in [5.41, 5.74) is 1.50. The Morgan fingerprint density at radius 1 is 1.41 bits per heavy atom. The van der Waals surface area contributed by atoms with Gasteiger partial charge >= 0.3 is 12.1 Å². The molecule has 1 aromatic carbocycles. The molecule has 0 radical (unpaired) electrons. The quantitative estimate of drug-likeness (QED) is 0.796. The fourth-order valence-corrected chi connectivity index (χ4v) is 1.75. The van der Waals surface area contributed by atoms with Gasteiger partial charge < -0.3 is 15.2 Å². The van der Waals surface area contributed by atoms with Crippen molar-refractivity contribution in [3.05, 3.63) is 60.4 Å². The summed E-state index contributed by atoms with van der Waals surface area (Å²) in [6.07, 6.45) is 2.52. The Morgan fingerprint density at radius 3 is 2.91 bits per heavy atom. The van der Waals surface area contributed by atoms with Gasteiger partial charge in [0.05, 0.1) is 5.69 Å². The van der Waals surface area contributed by atoms with E-state index < -0.39 is 12.1 Å². The number of carboxylic acid groups (broad SMARTS) is 1. The fourth-order valence-electron chi connectivity index (χ4n) is 1.75. The summed E-state index contributed by atoms with van der Waals surface area (Å²) < 4.78 is 6.27. The van der Waals surface area contributed by atoms with E-state index in [9.17, 15) is 9.59 Å². The maximum Gasteiger partial charge on any atom is 0.407 e. The first-order valence-corrected chi connectivity index (χ1v) is 6.50. The molecule has 2 N–H and O–H groups in total. The molecule has 0 atom stereocenters. The third kappa shape index (κ3) is 3.95. The van der Waals surface area contributed by atoms with Crippen LogP contribution < -0.4 is 5.32 Å². The molecule has 1 aromatic heterocycles. The van der Waals surface area contributed by atoms with Gasteiger partial charge in [-0.05, 0) is 23.8 Å². The predicted molar refractivity (Wildman–Crippen MR) is 78.9 cm³/mol. The Hall–Kier alpha value is -3.09. The molecule has 0 saturated heterocycles. The number of aromatic nitrogens is 2. The molecular weight excluding hydrogens is 286 g/mol. The summed E-state index contributed by atoms with van der Waals surface area (Å²) >= 11 is 0. The third-order valence-corrected chi connectivity index (χ3v) is 2.75. The van der Waals surface area contributed by atoms with Gasteiger partial charge in [-0.1, -0.05) is 24.8 Å². The van der Waals surface area contributed by atoms with Crippen molar-refractivity contribution in [3.8, 4) is 5.69 Å². The first-order valence-electron chi connectivity index (χ1n) is 6.50. The second-order valence-corrected chi connectivity index (χ2v) is 4.36. The highest BCUT2D eigenvalue weighted by Gasteiger charge is 2.08. The SMILES string of the molecule is C=CCOC(=O)NCc1cccc(-n2ccc(C(=O)O)n2)c1. The number of nitrogens with zero attached hydrogens (tertiary/aromatic N) is 2. The van der Waals surface area contributed by atoms with Gasteiger partial charge in [-0.3, -0.25) is 0 Å². The largest absolute Gasteiger partial charge is 0.476 e. The van der Waals surface area contributed by atoms with E-state index in [1.807, 2.05) is 6.07 Å². The molecule has 22 heavy (non-hydrogen) atoms. The number of hydrogen-bond acceptors (Lipinski definition) is 4. The number of benzene rings is 1. The molecule has 7 nitrogen and oxygen atoms in total. The normalized spacial score (nSPS) is 10.0. The van der Waals surface area contributed by atoms with Crippen LogP contribution in [0.5, 0.6) is 0 Å². The van der Waals surface area contributed by atoms with Crippen molar-refractivity contribution in [2.75, 3.05) is 6.61 Å². The fraction of sp³-hybridized carbons (Fsp3) is 0.133. The van der Waals surface area contributed by atoms with Crippen LogP contribution in [0.1, 0.15) is 16.1 Å². The monoisotopic (exact) mass is 301 g/mol. The number of amides is 1. The molecule has 2 aromatic rings. The van der Waals surface area contributed by atoms with Gasteiger partial charge in [0.15, 0.2) is 5.69 Å². The Balaban J connectivity index is 2.04. The van der Waals surface area contributed by atoms with Crippen LogP contribution >= 0.6 is 0 Å². The van der Waals surface area contributed by atoms with Gasteiger partial charge in [0, 0.05) is 12.7 Å². The van der Waals surface area contributed by atoms with Crippen molar-refractivity contribution in [1.82, 2.24) is 15.1 Å². The van der Waals surface area contributed by atoms with E-state index in [1.54, 1.807) is 24.4 Å². The second kappa shape index (κ2) is 7.07. The number of hydrogen-bond donors (Lipinski definition) is 2. The molecular formula is C15H15N3O4. The zero-order valence-corrected chi connectivity index (χ0v) is 11.7. The van der Waals surface area contributed by atoms with Crippen molar-refractivity contribution < 1.29 is 19.4 Å².